The first-order chi connectivity index (χ1) is 46.1. The van der Waals surface area contributed by atoms with Gasteiger partial charge in [-0.2, -0.15) is 0 Å². The topological polar surface area (TPSA) is 347 Å². The summed E-state index contributed by atoms with van der Waals surface area (Å²) >= 11 is 0. The Balaban J connectivity index is 1.12. The Morgan fingerprint density at radius 3 is 1.88 bits per heavy atom. The molecule has 2 saturated heterocycles. The van der Waals surface area contributed by atoms with Crippen LogP contribution in [0.15, 0.2) is 72.8 Å². The number of aliphatic hydroxyl groups is 1. The highest BCUT2D eigenvalue weighted by Crippen LogP contribution is 2.31. The number of imide groups is 1. The largest absolute Gasteiger partial charge is 0.386 e. The standard InChI is InChI=1S/C70H104N10O17/c1-13-44(6)64(54(94-11)34-60(87)79-31-20-25-52(79)66(95-12)45(7)67(90)74-46(8)65(89)49-23-18-15-19-24-49)78(10)70(93)62(42(2)3)76-69(92)63(43(4)5)77(9)61(88)37-73-68(91)51(33-47-21-16-14-17-22-47)75-57(84)36-72-56(83)35-71-55(82)27-26-48-38-96-40-50(41-97-39-48)53(81)30-32-80-58(85)28-29-59(80)86/h14-19,21-24,28-29,42-46,48,50-52,54,62-66,89H,13,20,25-27,30-41H2,1-12H3,(H,71,82)(H,72,83)(H,73,91)(H,74,90)(H,75,84)(H,76,92)/t44-,45+,46+,48?,50?,51-,52+,54+,62-,63-,64-,65+,66+/m0/s1. The lowest BCUT2D eigenvalue weighted by atomic mass is 9.89. The molecule has 0 unspecified atom stereocenters. The molecular weight excluding hydrogens is 1250 g/mol. The molecular formula is C70H104N10O17. The van der Waals surface area contributed by atoms with Gasteiger partial charge in [0.05, 0.1) is 101 Å². The van der Waals surface area contributed by atoms with Gasteiger partial charge in [-0.05, 0) is 55.1 Å². The zero-order valence-corrected chi connectivity index (χ0v) is 58.4. The van der Waals surface area contributed by atoms with Gasteiger partial charge in [0, 0.05) is 78.7 Å². The van der Waals surface area contributed by atoms with Crippen LogP contribution in [0.4, 0.5) is 0 Å². The van der Waals surface area contributed by atoms with Crippen LogP contribution in [0.3, 0.4) is 0 Å². The lowest BCUT2D eigenvalue weighted by Crippen LogP contribution is -2.61. The molecule has 3 heterocycles. The normalized spacial score (nSPS) is 19.6. The number of ketones is 1. The Morgan fingerprint density at radius 2 is 1.29 bits per heavy atom. The second-order valence-electron chi connectivity index (χ2n) is 26.3. The fourth-order valence-electron chi connectivity index (χ4n) is 12.6. The zero-order chi connectivity index (χ0) is 71.6. The van der Waals surface area contributed by atoms with E-state index in [4.69, 9.17) is 18.9 Å². The van der Waals surface area contributed by atoms with E-state index in [1.807, 2.05) is 32.0 Å². The minimum absolute atomic E-state index is 0.00120. The summed E-state index contributed by atoms with van der Waals surface area (Å²) in [5.41, 5.74) is 1.33. The fourth-order valence-corrected chi connectivity index (χ4v) is 12.6. The average molecular weight is 1360 g/mol. The van der Waals surface area contributed by atoms with Crippen LogP contribution < -0.4 is 31.9 Å². The third kappa shape index (κ3) is 23.6. The van der Waals surface area contributed by atoms with Gasteiger partial charge in [-0.15, -0.1) is 0 Å². The van der Waals surface area contributed by atoms with Crippen LogP contribution in [-0.4, -0.2) is 231 Å². The number of rotatable bonds is 37. The predicted molar refractivity (Wildman–Crippen MR) is 358 cm³/mol. The maximum Gasteiger partial charge on any atom is 0.253 e. The Morgan fingerprint density at radius 1 is 0.680 bits per heavy atom. The van der Waals surface area contributed by atoms with E-state index in [1.165, 1.54) is 31.1 Å². The number of nitrogens with one attached hydrogen (secondary N) is 6. The molecule has 11 amide bonds. The van der Waals surface area contributed by atoms with Gasteiger partial charge in [-0.1, -0.05) is 116 Å². The molecule has 2 aromatic rings. The van der Waals surface area contributed by atoms with Crippen molar-refractivity contribution in [1.29, 1.82) is 0 Å². The summed E-state index contributed by atoms with van der Waals surface area (Å²) < 4.78 is 23.6. The lowest BCUT2D eigenvalue weighted by molar-refractivity contribution is -0.148. The minimum Gasteiger partial charge on any atom is -0.386 e. The summed E-state index contributed by atoms with van der Waals surface area (Å²) in [6, 6.07) is 12.6. The van der Waals surface area contributed by atoms with Crippen molar-refractivity contribution in [3.8, 4) is 0 Å². The smallest absolute Gasteiger partial charge is 0.253 e. The molecule has 2 fully saturated rings. The van der Waals surface area contributed by atoms with E-state index < -0.39 is 151 Å². The van der Waals surface area contributed by atoms with E-state index in [1.54, 1.807) is 96.0 Å². The van der Waals surface area contributed by atoms with Crippen molar-refractivity contribution in [1.82, 2.24) is 51.5 Å². The van der Waals surface area contributed by atoms with Crippen LogP contribution in [-0.2, 0) is 82.9 Å². The summed E-state index contributed by atoms with van der Waals surface area (Å²) in [6.45, 7) is 13.8. The van der Waals surface area contributed by atoms with Crippen LogP contribution in [0.1, 0.15) is 118 Å². The van der Waals surface area contributed by atoms with Crippen molar-refractivity contribution in [3.63, 3.8) is 0 Å². The first kappa shape index (κ1) is 79.7. The molecule has 2 aromatic carbocycles. The number of likely N-dealkylation sites (tertiary alicyclic amines) is 1. The van der Waals surface area contributed by atoms with Gasteiger partial charge in [0.2, 0.25) is 53.2 Å². The fraction of sp³-hybridized carbons (Fsp3) is 0.629. The van der Waals surface area contributed by atoms with E-state index in [0.29, 0.717) is 43.4 Å². The van der Waals surface area contributed by atoms with Crippen molar-refractivity contribution < 1.29 is 81.6 Å². The highest BCUT2D eigenvalue weighted by Gasteiger charge is 2.44. The summed E-state index contributed by atoms with van der Waals surface area (Å²) in [4.78, 5) is 166. The number of carbonyl (C=O) groups excluding carboxylic acids is 12. The van der Waals surface area contributed by atoms with Gasteiger partial charge in [0.15, 0.2) is 0 Å². The Labute approximate surface area is 569 Å². The highest BCUT2D eigenvalue weighted by atomic mass is 16.5. The molecule has 27 nitrogen and oxygen atoms in total. The third-order valence-corrected chi connectivity index (χ3v) is 18.5. The summed E-state index contributed by atoms with van der Waals surface area (Å²) in [7, 11) is 6.03. The molecule has 97 heavy (non-hydrogen) atoms. The van der Waals surface area contributed by atoms with Crippen molar-refractivity contribution in [2.24, 2.45) is 35.5 Å². The number of aliphatic hydroxyl groups excluding tert-OH is 1. The van der Waals surface area contributed by atoms with Gasteiger partial charge < -0.3 is 70.7 Å². The number of likely N-dealkylation sites (N-methyl/N-ethyl adjacent to an activating group) is 2. The molecule has 3 aliphatic rings. The van der Waals surface area contributed by atoms with Crippen molar-refractivity contribution >= 4 is 70.8 Å². The van der Waals surface area contributed by atoms with E-state index >= 15 is 0 Å². The maximum atomic E-state index is 14.9. The molecule has 0 spiro atoms. The number of methoxy groups -OCH3 is 2. The van der Waals surface area contributed by atoms with Crippen molar-refractivity contribution in [2.75, 3.05) is 87.5 Å². The van der Waals surface area contributed by atoms with Gasteiger partial charge in [-0.3, -0.25) is 62.4 Å². The van der Waals surface area contributed by atoms with Crippen molar-refractivity contribution in [3.05, 3.63) is 83.9 Å². The van der Waals surface area contributed by atoms with Crippen LogP contribution in [0.5, 0.6) is 0 Å². The average Bonchev–Trinajstić information content (AvgIpc) is 1.80. The van der Waals surface area contributed by atoms with Gasteiger partial charge in [0.25, 0.3) is 11.8 Å². The number of hydrogen-bond acceptors (Lipinski definition) is 17. The molecule has 3 aliphatic heterocycles. The Kier molecular flexibility index (Phi) is 32.4. The number of amides is 11. The monoisotopic (exact) mass is 1360 g/mol. The van der Waals surface area contributed by atoms with Gasteiger partial charge >= 0.3 is 0 Å². The summed E-state index contributed by atoms with van der Waals surface area (Å²) in [5, 5.41) is 27.0. The van der Waals surface area contributed by atoms with E-state index in [-0.39, 0.29) is 88.1 Å². The predicted octanol–water partition coefficient (Wildman–Crippen LogP) is 1.79. The van der Waals surface area contributed by atoms with Crippen molar-refractivity contribution in [2.45, 2.75) is 161 Å². The second kappa shape index (κ2) is 39.4. The summed E-state index contributed by atoms with van der Waals surface area (Å²) in [5.74, 6) is -8.68. The number of nitrogens with zero attached hydrogens (tertiary/aromatic N) is 4. The number of carbonyl (C=O) groups is 12. The number of hydrogen-bond donors (Lipinski definition) is 7. The van der Waals surface area contributed by atoms with Crippen LogP contribution in [0.2, 0.25) is 0 Å². The van der Waals surface area contributed by atoms with E-state index in [0.717, 1.165) is 17.1 Å². The molecule has 536 valence electrons. The van der Waals surface area contributed by atoms with Gasteiger partial charge in [-0.25, -0.2) is 0 Å². The Bertz CT molecular complexity index is 3000. The molecule has 27 heteroatoms. The minimum atomic E-state index is -1.23. The maximum absolute atomic E-state index is 14.9. The molecule has 0 radical (unpaired) electrons. The first-order valence-electron chi connectivity index (χ1n) is 33.7. The van der Waals surface area contributed by atoms with E-state index in [9.17, 15) is 62.6 Å². The number of Topliss-reactive ketones (excluding diaryl/α,β-unsaturated/α-hetero) is 1. The van der Waals surface area contributed by atoms with Gasteiger partial charge in [0.1, 0.15) is 23.9 Å². The van der Waals surface area contributed by atoms with Crippen LogP contribution in [0, 0.1) is 35.5 Å². The molecule has 0 saturated carbocycles. The van der Waals surface area contributed by atoms with E-state index in [2.05, 4.69) is 31.9 Å². The highest BCUT2D eigenvalue weighted by molar-refractivity contribution is 6.13. The second-order valence-corrected chi connectivity index (χ2v) is 26.3. The number of benzene rings is 2. The summed E-state index contributed by atoms with van der Waals surface area (Å²) in [6.07, 6.45) is 1.96. The zero-order valence-electron chi connectivity index (χ0n) is 58.4. The molecule has 5 rings (SSSR count). The quantitative estimate of drug-likeness (QED) is 0.0474. The molecule has 0 aromatic heterocycles. The molecule has 7 N–H and O–H groups in total. The third-order valence-electron chi connectivity index (χ3n) is 18.5. The SMILES string of the molecule is CC[C@H](C)[C@@H]([C@@H](CC(=O)N1CCC[C@@H]1[C@H](OC)[C@@H](C)C(=O)N[C@H](C)[C@@H](O)c1ccccc1)OC)N(C)C(=O)[C@@H](NC(=O)[C@H](C(C)C)N(C)C(=O)CNC(=O)[C@H](Cc1ccccc1)NC(=O)CNC(=O)CNC(=O)CCC1COCC(C(=O)CCN2C(=O)C=CC2=O)COC1)C(C)C. The number of ether oxygens (including phenoxy) is 4. The molecule has 0 bridgehead atoms. The first-order valence-corrected chi connectivity index (χ1v) is 33.7. The molecule has 11 atom stereocenters. The Hall–Kier alpha value is -7.98. The molecule has 0 aliphatic carbocycles. The van der Waals surface area contributed by atoms with Crippen LogP contribution >= 0.6 is 0 Å². The van der Waals surface area contributed by atoms with Crippen LogP contribution in [0.25, 0.3) is 0 Å². The lowest BCUT2D eigenvalue weighted by Gasteiger charge is -2.41.